The van der Waals surface area contributed by atoms with E-state index in [9.17, 15) is 0 Å². The van der Waals surface area contributed by atoms with Gasteiger partial charge in [0.2, 0.25) is 5.88 Å². The first-order chi connectivity index (χ1) is 16.7. The van der Waals surface area contributed by atoms with E-state index in [0.717, 1.165) is 81.5 Å². The Labute approximate surface area is 201 Å². The molecule has 3 aliphatic rings. The quantitative estimate of drug-likeness (QED) is 0.521. The van der Waals surface area contributed by atoms with Crippen LogP contribution in [0.15, 0.2) is 88.9 Å². The van der Waals surface area contributed by atoms with Crippen molar-refractivity contribution in [3.8, 4) is 0 Å². The Morgan fingerprint density at radius 1 is 1.03 bits per heavy atom. The van der Waals surface area contributed by atoms with E-state index in [4.69, 9.17) is 14.0 Å². The summed E-state index contributed by atoms with van der Waals surface area (Å²) in [5.74, 6) is 2.85. The van der Waals surface area contributed by atoms with Crippen molar-refractivity contribution < 1.29 is 14.0 Å². The predicted molar refractivity (Wildman–Crippen MR) is 132 cm³/mol. The summed E-state index contributed by atoms with van der Waals surface area (Å²) in [7, 11) is 0. The molecule has 1 unspecified atom stereocenters. The van der Waals surface area contributed by atoms with Crippen LogP contribution in [-0.4, -0.2) is 47.7 Å². The fourth-order valence-corrected chi connectivity index (χ4v) is 4.77. The van der Waals surface area contributed by atoms with E-state index in [2.05, 4.69) is 69.6 Å². The molecule has 2 aromatic rings. The largest absolute Gasteiger partial charge is 0.460 e. The van der Waals surface area contributed by atoms with Crippen LogP contribution in [0, 0.1) is 6.92 Å². The Hall–Kier alpha value is -3.25. The van der Waals surface area contributed by atoms with Gasteiger partial charge in [-0.3, -0.25) is 4.90 Å². The van der Waals surface area contributed by atoms with Crippen LogP contribution in [0.4, 0.5) is 0 Å². The topological polar surface area (TPSA) is 51.0 Å². The second-order valence-corrected chi connectivity index (χ2v) is 9.20. The average molecular weight is 460 g/mol. The Morgan fingerprint density at radius 2 is 1.88 bits per heavy atom. The molecular formula is C28H33N3O3. The number of hydrogen-bond donors (Lipinski definition) is 0. The van der Waals surface area contributed by atoms with E-state index in [1.54, 1.807) is 12.5 Å². The number of benzene rings is 1. The highest BCUT2D eigenvalue weighted by molar-refractivity contribution is 5.27. The monoisotopic (exact) mass is 459 g/mol. The molecule has 0 bridgehead atoms. The fourth-order valence-electron chi connectivity index (χ4n) is 4.77. The number of hydrogen-bond acceptors (Lipinski definition) is 6. The lowest BCUT2D eigenvalue weighted by Crippen LogP contribution is -2.46. The molecule has 5 rings (SSSR count). The van der Waals surface area contributed by atoms with Gasteiger partial charge in [-0.15, -0.1) is 0 Å². The highest BCUT2D eigenvalue weighted by atomic mass is 16.6. The lowest BCUT2D eigenvalue weighted by molar-refractivity contribution is 0.0817. The highest BCUT2D eigenvalue weighted by Crippen LogP contribution is 2.29. The minimum Gasteiger partial charge on any atom is -0.460 e. The summed E-state index contributed by atoms with van der Waals surface area (Å²) in [6.45, 7) is 6.82. The summed E-state index contributed by atoms with van der Waals surface area (Å²) in [6.07, 6.45) is 14.0. The standard InChI is InChI=1S/C28H33N3O3/c1-22-18-27(34-29-22)26(24-10-6-3-7-11-24)12-13-30-14-16-31(17-15-30)28-21-32-25(20-33-28)19-23-8-4-2-5-9-23/h2-4,6-8,10-11,18,20-21,26H,5,9,12-17,19H2,1H3. The van der Waals surface area contributed by atoms with Crippen LogP contribution in [0.1, 0.15) is 48.6 Å². The van der Waals surface area contributed by atoms with Gasteiger partial charge in [0, 0.05) is 44.6 Å². The number of piperazine rings is 1. The zero-order valence-corrected chi connectivity index (χ0v) is 19.9. The van der Waals surface area contributed by atoms with Crippen molar-refractivity contribution in [2.75, 3.05) is 32.7 Å². The van der Waals surface area contributed by atoms with Crippen molar-refractivity contribution in [1.29, 1.82) is 0 Å². The first kappa shape index (κ1) is 22.5. The minimum absolute atomic E-state index is 0.219. The molecule has 6 nitrogen and oxygen atoms in total. The second kappa shape index (κ2) is 10.8. The lowest BCUT2D eigenvalue weighted by atomic mass is 9.92. The molecular weight excluding hydrogens is 426 g/mol. The molecule has 6 heteroatoms. The molecule has 1 atom stereocenters. The van der Waals surface area contributed by atoms with Crippen molar-refractivity contribution >= 4 is 0 Å². The van der Waals surface area contributed by atoms with Crippen molar-refractivity contribution in [2.24, 2.45) is 0 Å². The molecule has 3 heterocycles. The molecule has 1 aromatic carbocycles. The van der Waals surface area contributed by atoms with Crippen LogP contribution in [0.5, 0.6) is 0 Å². The van der Waals surface area contributed by atoms with Crippen molar-refractivity contribution in [3.63, 3.8) is 0 Å². The molecule has 0 saturated carbocycles. The maximum Gasteiger partial charge on any atom is 0.231 e. The molecule has 178 valence electrons. The summed E-state index contributed by atoms with van der Waals surface area (Å²) >= 11 is 0. The molecule has 1 fully saturated rings. The summed E-state index contributed by atoms with van der Waals surface area (Å²) in [4.78, 5) is 4.78. The summed E-state index contributed by atoms with van der Waals surface area (Å²) < 4.78 is 17.5. The second-order valence-electron chi connectivity index (χ2n) is 9.20. The van der Waals surface area contributed by atoms with E-state index >= 15 is 0 Å². The van der Waals surface area contributed by atoms with Crippen molar-refractivity contribution in [3.05, 3.63) is 101 Å². The Kier molecular flexibility index (Phi) is 7.15. The number of aromatic nitrogens is 1. The van der Waals surface area contributed by atoms with Crippen LogP contribution in [-0.2, 0) is 9.47 Å². The number of ether oxygens (including phenoxy) is 2. The Balaban J connectivity index is 1.11. The van der Waals surface area contributed by atoms with Gasteiger partial charge in [-0.05, 0) is 38.3 Å². The normalized spacial score (nSPS) is 19.6. The van der Waals surface area contributed by atoms with E-state index in [0.29, 0.717) is 0 Å². The predicted octanol–water partition coefficient (Wildman–Crippen LogP) is 5.48. The molecule has 1 aromatic heterocycles. The van der Waals surface area contributed by atoms with Gasteiger partial charge in [-0.25, -0.2) is 0 Å². The van der Waals surface area contributed by atoms with Gasteiger partial charge < -0.3 is 18.9 Å². The van der Waals surface area contributed by atoms with Crippen LogP contribution in [0.25, 0.3) is 0 Å². The third kappa shape index (κ3) is 5.62. The summed E-state index contributed by atoms with van der Waals surface area (Å²) in [5.41, 5.74) is 3.59. The van der Waals surface area contributed by atoms with Gasteiger partial charge in [-0.1, -0.05) is 59.3 Å². The number of nitrogens with zero attached hydrogens (tertiary/aromatic N) is 3. The molecule has 2 aliphatic heterocycles. The van der Waals surface area contributed by atoms with E-state index in [-0.39, 0.29) is 5.92 Å². The SMILES string of the molecule is Cc1cc(C(CCN2CCN(C3=COC(CC4=CC=CCC4)=CO3)CC2)c2ccccc2)on1. The van der Waals surface area contributed by atoms with E-state index in [1.807, 2.05) is 6.92 Å². The van der Waals surface area contributed by atoms with Crippen LogP contribution in [0.2, 0.25) is 0 Å². The van der Waals surface area contributed by atoms with Gasteiger partial charge in [0.1, 0.15) is 17.8 Å². The van der Waals surface area contributed by atoms with Gasteiger partial charge in [0.15, 0.2) is 6.26 Å². The van der Waals surface area contributed by atoms with Gasteiger partial charge in [-0.2, -0.15) is 0 Å². The van der Waals surface area contributed by atoms with Crippen LogP contribution >= 0.6 is 0 Å². The maximum absolute atomic E-state index is 5.94. The Morgan fingerprint density at radius 3 is 2.56 bits per heavy atom. The zero-order valence-electron chi connectivity index (χ0n) is 19.9. The summed E-state index contributed by atoms with van der Waals surface area (Å²) in [6, 6.07) is 12.7. The average Bonchev–Trinajstić information content (AvgIpc) is 3.32. The molecule has 0 N–H and O–H groups in total. The number of allylic oxidation sites excluding steroid dienone is 4. The first-order valence-electron chi connectivity index (χ1n) is 12.3. The molecule has 0 spiro atoms. The highest BCUT2D eigenvalue weighted by Gasteiger charge is 2.24. The molecule has 1 saturated heterocycles. The molecule has 0 radical (unpaired) electrons. The third-order valence-electron chi connectivity index (χ3n) is 6.73. The number of aryl methyl sites for hydroxylation is 1. The fraction of sp³-hybridized carbons (Fsp3) is 0.393. The lowest BCUT2D eigenvalue weighted by Gasteiger charge is -2.37. The minimum atomic E-state index is 0.219. The van der Waals surface area contributed by atoms with Gasteiger partial charge >= 0.3 is 0 Å². The van der Waals surface area contributed by atoms with Crippen LogP contribution in [0.3, 0.4) is 0 Å². The van der Waals surface area contributed by atoms with Crippen molar-refractivity contribution in [2.45, 2.75) is 38.5 Å². The van der Waals surface area contributed by atoms with Gasteiger partial charge in [0.25, 0.3) is 0 Å². The van der Waals surface area contributed by atoms with E-state index < -0.39 is 0 Å². The first-order valence-corrected chi connectivity index (χ1v) is 12.3. The molecule has 1 aliphatic carbocycles. The third-order valence-corrected chi connectivity index (χ3v) is 6.73. The smallest absolute Gasteiger partial charge is 0.231 e. The molecule has 34 heavy (non-hydrogen) atoms. The summed E-state index contributed by atoms with van der Waals surface area (Å²) in [5, 5.41) is 4.12. The van der Waals surface area contributed by atoms with Gasteiger partial charge in [0.05, 0.1) is 5.69 Å². The Bertz CT molecular complexity index is 1080. The van der Waals surface area contributed by atoms with Crippen molar-refractivity contribution in [1.82, 2.24) is 15.0 Å². The maximum atomic E-state index is 5.94. The molecule has 0 amide bonds. The zero-order chi connectivity index (χ0) is 23.2. The number of rotatable bonds is 8. The van der Waals surface area contributed by atoms with E-state index in [1.165, 1.54) is 11.1 Å². The van der Waals surface area contributed by atoms with Crippen LogP contribution < -0.4 is 0 Å².